The monoisotopic (exact) mass is 453 g/mol. The lowest BCUT2D eigenvalue weighted by molar-refractivity contribution is -0.306. The molecule has 0 amide bonds. The van der Waals surface area contributed by atoms with E-state index in [0.717, 1.165) is 0 Å². The molecule has 31 heavy (non-hydrogen) atoms. The Morgan fingerprint density at radius 2 is 1.16 bits per heavy atom. The SMILES string of the molecule is NCC1O[C@H](O[C@@H]2C(N)C[C@@H](N)C(O)[C@H]2O[C@@H]2O[C@H](CN)[C@H](O)C2O)C(N)[C@@H](O)[C@@H]1O. The van der Waals surface area contributed by atoms with E-state index in [1.54, 1.807) is 0 Å². The van der Waals surface area contributed by atoms with Gasteiger partial charge in [0.25, 0.3) is 0 Å². The molecule has 14 atom stereocenters. The van der Waals surface area contributed by atoms with E-state index in [-0.39, 0.29) is 19.5 Å². The molecule has 0 aromatic carbocycles. The van der Waals surface area contributed by atoms with Crippen LogP contribution in [0.1, 0.15) is 6.42 Å². The van der Waals surface area contributed by atoms with Crippen molar-refractivity contribution in [1.29, 1.82) is 0 Å². The van der Waals surface area contributed by atoms with Crippen molar-refractivity contribution in [2.75, 3.05) is 13.1 Å². The maximum atomic E-state index is 10.7. The van der Waals surface area contributed by atoms with Crippen molar-refractivity contribution in [1.82, 2.24) is 0 Å². The first-order valence-electron chi connectivity index (χ1n) is 10.3. The minimum absolute atomic E-state index is 0.0598. The lowest BCUT2D eigenvalue weighted by atomic mass is 9.84. The summed E-state index contributed by atoms with van der Waals surface area (Å²) in [5, 5.41) is 51.1. The fourth-order valence-corrected chi connectivity index (χ4v) is 4.21. The number of hydrogen-bond donors (Lipinski definition) is 10. The summed E-state index contributed by atoms with van der Waals surface area (Å²) in [6, 6.07) is -2.65. The maximum absolute atomic E-state index is 10.7. The average Bonchev–Trinajstić information content (AvgIpc) is 3.02. The Kier molecular flexibility index (Phi) is 8.21. The Hall–Kier alpha value is -0.560. The Morgan fingerprint density at radius 3 is 1.74 bits per heavy atom. The molecule has 182 valence electrons. The van der Waals surface area contributed by atoms with Gasteiger partial charge >= 0.3 is 0 Å². The van der Waals surface area contributed by atoms with Gasteiger partial charge in [-0.15, -0.1) is 0 Å². The lowest BCUT2D eigenvalue weighted by Gasteiger charge is -2.47. The first kappa shape index (κ1) is 25.1. The van der Waals surface area contributed by atoms with Gasteiger partial charge in [-0.3, -0.25) is 0 Å². The molecule has 1 saturated carbocycles. The van der Waals surface area contributed by atoms with Crippen LogP contribution >= 0.6 is 0 Å². The van der Waals surface area contributed by atoms with E-state index in [4.69, 9.17) is 47.6 Å². The van der Waals surface area contributed by atoms with Gasteiger partial charge in [0.15, 0.2) is 12.6 Å². The maximum Gasteiger partial charge on any atom is 0.187 e. The number of ether oxygens (including phenoxy) is 4. The second-order valence-electron chi connectivity index (χ2n) is 8.35. The van der Waals surface area contributed by atoms with Gasteiger partial charge < -0.3 is 73.1 Å². The molecule has 3 aliphatic rings. The third kappa shape index (κ3) is 4.87. The second-order valence-corrected chi connectivity index (χ2v) is 8.35. The summed E-state index contributed by atoms with van der Waals surface area (Å²) in [6.45, 7) is -0.162. The van der Waals surface area contributed by atoms with Crippen LogP contribution in [0.3, 0.4) is 0 Å². The number of nitrogens with two attached hydrogens (primary N) is 5. The minimum Gasteiger partial charge on any atom is -0.389 e. The number of rotatable bonds is 6. The molecular weight excluding hydrogens is 418 g/mol. The van der Waals surface area contributed by atoms with E-state index in [1.807, 2.05) is 0 Å². The molecule has 0 aromatic rings. The molecule has 2 aliphatic heterocycles. The molecule has 15 N–H and O–H groups in total. The molecule has 0 spiro atoms. The highest BCUT2D eigenvalue weighted by Crippen LogP contribution is 2.31. The lowest BCUT2D eigenvalue weighted by Crippen LogP contribution is -2.68. The molecule has 2 saturated heterocycles. The number of aliphatic hydroxyl groups excluding tert-OH is 5. The van der Waals surface area contributed by atoms with Gasteiger partial charge in [-0.05, 0) is 6.42 Å². The van der Waals surface area contributed by atoms with Gasteiger partial charge in [0.2, 0.25) is 0 Å². The molecule has 5 unspecified atom stereocenters. The Balaban J connectivity index is 1.78. The van der Waals surface area contributed by atoms with Gasteiger partial charge in [-0.2, -0.15) is 0 Å². The zero-order chi connectivity index (χ0) is 23.0. The summed E-state index contributed by atoms with van der Waals surface area (Å²) in [5.41, 5.74) is 29.2. The van der Waals surface area contributed by atoms with Crippen LogP contribution in [0.4, 0.5) is 0 Å². The Morgan fingerprint density at radius 1 is 0.645 bits per heavy atom. The van der Waals surface area contributed by atoms with Gasteiger partial charge in [0.1, 0.15) is 48.8 Å². The summed E-state index contributed by atoms with van der Waals surface area (Å²) in [7, 11) is 0. The zero-order valence-electron chi connectivity index (χ0n) is 17.0. The highest BCUT2D eigenvalue weighted by molar-refractivity contribution is 5.01. The third-order valence-electron chi connectivity index (χ3n) is 6.18. The van der Waals surface area contributed by atoms with Gasteiger partial charge in [0.05, 0.1) is 12.1 Å². The molecule has 0 aromatic heterocycles. The predicted molar refractivity (Wildman–Crippen MR) is 104 cm³/mol. The van der Waals surface area contributed by atoms with Crippen molar-refractivity contribution in [2.24, 2.45) is 28.7 Å². The summed E-state index contributed by atoms with van der Waals surface area (Å²) >= 11 is 0. The zero-order valence-corrected chi connectivity index (χ0v) is 17.0. The van der Waals surface area contributed by atoms with Crippen LogP contribution in [0.25, 0.3) is 0 Å². The topological polar surface area (TPSA) is 268 Å². The molecule has 0 radical (unpaired) electrons. The Labute approximate surface area is 179 Å². The fraction of sp³-hybridized carbons (Fsp3) is 1.00. The molecule has 2 heterocycles. The number of aliphatic hydroxyl groups is 5. The van der Waals surface area contributed by atoms with Crippen LogP contribution in [0.5, 0.6) is 0 Å². The van der Waals surface area contributed by atoms with Crippen LogP contribution in [0, 0.1) is 0 Å². The molecule has 1 aliphatic carbocycles. The van der Waals surface area contributed by atoms with Crippen molar-refractivity contribution < 1.29 is 44.5 Å². The summed E-state index contributed by atoms with van der Waals surface area (Å²) in [4.78, 5) is 0. The van der Waals surface area contributed by atoms with Gasteiger partial charge in [-0.25, -0.2) is 0 Å². The van der Waals surface area contributed by atoms with E-state index >= 15 is 0 Å². The van der Waals surface area contributed by atoms with E-state index < -0.39 is 85.6 Å². The van der Waals surface area contributed by atoms with Crippen LogP contribution in [-0.4, -0.2) is 124 Å². The van der Waals surface area contributed by atoms with Crippen molar-refractivity contribution >= 4 is 0 Å². The minimum atomic E-state index is -1.43. The first-order valence-corrected chi connectivity index (χ1v) is 10.3. The molecular formula is C17H35N5O9. The summed E-state index contributed by atoms with van der Waals surface area (Å²) in [6.07, 6.45) is -13.1. The standard InChI is InChI=1S/C17H35N5O9/c18-2-6-10(24)12(26)8(22)16(28-6)30-14-5(21)1-4(20)9(23)15(14)31-17-13(27)11(25)7(3-19)29-17/h4-17,23-27H,1-3,18-22H2/t4-,5?,6?,7-,8?,9?,10-,11+,12-,13?,14-,15-,16-,17+/m1/s1. The quantitative estimate of drug-likeness (QED) is 0.179. The van der Waals surface area contributed by atoms with E-state index in [9.17, 15) is 25.5 Å². The predicted octanol–water partition coefficient (Wildman–Crippen LogP) is -6.69. The molecule has 3 fully saturated rings. The van der Waals surface area contributed by atoms with E-state index in [0.29, 0.717) is 0 Å². The largest absolute Gasteiger partial charge is 0.389 e. The normalized spacial score (nSPS) is 53.6. The third-order valence-corrected chi connectivity index (χ3v) is 6.18. The Bertz CT molecular complexity index is 592. The highest BCUT2D eigenvalue weighted by Gasteiger charge is 2.51. The van der Waals surface area contributed by atoms with Crippen molar-refractivity contribution in [2.45, 2.75) is 92.1 Å². The number of hydrogen-bond acceptors (Lipinski definition) is 14. The van der Waals surface area contributed by atoms with Crippen LogP contribution in [0.2, 0.25) is 0 Å². The van der Waals surface area contributed by atoms with Crippen molar-refractivity contribution in [3.05, 3.63) is 0 Å². The fourth-order valence-electron chi connectivity index (χ4n) is 4.21. The van der Waals surface area contributed by atoms with Crippen molar-refractivity contribution in [3.63, 3.8) is 0 Å². The molecule has 14 nitrogen and oxygen atoms in total. The van der Waals surface area contributed by atoms with E-state index in [2.05, 4.69) is 0 Å². The van der Waals surface area contributed by atoms with Crippen molar-refractivity contribution in [3.8, 4) is 0 Å². The van der Waals surface area contributed by atoms with Crippen LogP contribution < -0.4 is 28.7 Å². The molecule has 0 bridgehead atoms. The van der Waals surface area contributed by atoms with Gasteiger partial charge in [-0.1, -0.05) is 0 Å². The molecule has 3 rings (SSSR count). The first-order chi connectivity index (χ1) is 14.6. The van der Waals surface area contributed by atoms with Crippen LogP contribution in [-0.2, 0) is 18.9 Å². The summed E-state index contributed by atoms with van der Waals surface area (Å²) < 4.78 is 22.7. The van der Waals surface area contributed by atoms with Gasteiger partial charge in [0, 0.05) is 25.2 Å². The average molecular weight is 453 g/mol. The highest BCUT2D eigenvalue weighted by atomic mass is 16.7. The molecule has 14 heteroatoms. The summed E-state index contributed by atoms with van der Waals surface area (Å²) in [5.74, 6) is 0. The van der Waals surface area contributed by atoms with Crippen LogP contribution in [0.15, 0.2) is 0 Å². The van der Waals surface area contributed by atoms with E-state index in [1.165, 1.54) is 0 Å². The smallest absolute Gasteiger partial charge is 0.187 e. The second kappa shape index (κ2) is 10.1.